The summed E-state index contributed by atoms with van der Waals surface area (Å²) in [5, 5.41) is 21.4. The number of carbonyl (C=O) groups excluding carboxylic acids is 1. The number of phenols is 1. The van der Waals surface area contributed by atoms with Gasteiger partial charge in [-0.2, -0.15) is 0 Å². The molecule has 1 atom stereocenters. The second kappa shape index (κ2) is 10.7. The van der Waals surface area contributed by atoms with E-state index in [-0.39, 0.29) is 30.6 Å². The predicted molar refractivity (Wildman–Crippen MR) is 136 cm³/mol. The standard InChI is InChI=1S/C26H33N3O4S/c1-3-33-26(32)24-22(16-34-18-9-5-4-6-10-18)28(2)21-12-20(27)25(31)19(23(21)24)14-29-11-7-8-17(13-29)15-30/h4-6,9-10,12,17,30-31H,3,7-8,11,13-16,27H2,1-2H3. The highest BCUT2D eigenvalue weighted by Crippen LogP contribution is 2.40. The van der Waals surface area contributed by atoms with Crippen molar-refractivity contribution in [2.24, 2.45) is 13.0 Å². The van der Waals surface area contributed by atoms with Gasteiger partial charge in [-0.25, -0.2) is 4.79 Å². The van der Waals surface area contributed by atoms with E-state index < -0.39 is 5.97 Å². The molecule has 1 fully saturated rings. The van der Waals surface area contributed by atoms with Crippen molar-refractivity contribution in [2.75, 3.05) is 32.0 Å². The van der Waals surface area contributed by atoms with Crippen LogP contribution in [0.1, 0.15) is 41.4 Å². The number of aliphatic hydroxyl groups excluding tert-OH is 1. The first-order chi connectivity index (χ1) is 16.4. The van der Waals surface area contributed by atoms with E-state index in [2.05, 4.69) is 4.90 Å². The fraction of sp³-hybridized carbons (Fsp3) is 0.423. The molecule has 4 rings (SSSR count). The zero-order chi connectivity index (χ0) is 24.2. The Morgan fingerprint density at radius 1 is 1.29 bits per heavy atom. The number of nitrogen functional groups attached to an aromatic ring is 1. The van der Waals surface area contributed by atoms with Crippen LogP contribution in [-0.2, 0) is 24.1 Å². The molecule has 8 heteroatoms. The minimum atomic E-state index is -0.394. The number of rotatable bonds is 8. The van der Waals surface area contributed by atoms with E-state index in [1.165, 1.54) is 0 Å². The van der Waals surface area contributed by atoms with Gasteiger partial charge in [0.15, 0.2) is 0 Å². The van der Waals surface area contributed by atoms with Gasteiger partial charge >= 0.3 is 5.97 Å². The summed E-state index contributed by atoms with van der Waals surface area (Å²) in [5.41, 5.74) is 9.28. The van der Waals surface area contributed by atoms with E-state index in [1.54, 1.807) is 24.8 Å². The van der Waals surface area contributed by atoms with Crippen LogP contribution < -0.4 is 5.73 Å². The molecular weight excluding hydrogens is 450 g/mol. The Morgan fingerprint density at radius 2 is 2.06 bits per heavy atom. The quantitative estimate of drug-likeness (QED) is 0.192. The summed E-state index contributed by atoms with van der Waals surface area (Å²) in [6, 6.07) is 11.8. The molecule has 182 valence electrons. The first-order valence-electron chi connectivity index (χ1n) is 11.7. The number of anilines is 1. The van der Waals surface area contributed by atoms with Gasteiger partial charge in [-0.1, -0.05) is 18.2 Å². The molecule has 1 unspecified atom stereocenters. The van der Waals surface area contributed by atoms with Crippen LogP contribution >= 0.6 is 11.8 Å². The second-order valence-electron chi connectivity index (χ2n) is 8.82. The summed E-state index contributed by atoms with van der Waals surface area (Å²) < 4.78 is 7.46. The van der Waals surface area contributed by atoms with Crippen LogP contribution in [0.15, 0.2) is 41.3 Å². The number of nitrogens with two attached hydrogens (primary N) is 1. The topological polar surface area (TPSA) is 101 Å². The maximum Gasteiger partial charge on any atom is 0.340 e. The number of phenolic OH excluding ortho intramolecular Hbond substituents is 1. The van der Waals surface area contributed by atoms with Crippen molar-refractivity contribution < 1.29 is 19.7 Å². The number of hydrogen-bond acceptors (Lipinski definition) is 7. The number of carbonyl (C=O) groups is 1. The molecule has 0 aliphatic carbocycles. The molecule has 0 saturated carbocycles. The highest BCUT2D eigenvalue weighted by atomic mass is 32.2. The Kier molecular flexibility index (Phi) is 7.70. The van der Waals surface area contributed by atoms with Crippen molar-refractivity contribution in [3.05, 3.63) is 53.2 Å². The van der Waals surface area contributed by atoms with Gasteiger partial charge in [0.05, 0.1) is 23.4 Å². The molecule has 0 bridgehead atoms. The molecule has 0 spiro atoms. The van der Waals surface area contributed by atoms with Gasteiger partial charge in [-0.3, -0.25) is 4.90 Å². The van der Waals surface area contributed by atoms with Gasteiger partial charge in [0, 0.05) is 54.0 Å². The minimum Gasteiger partial charge on any atom is -0.505 e. The van der Waals surface area contributed by atoms with Gasteiger partial charge in [-0.15, -0.1) is 11.8 Å². The van der Waals surface area contributed by atoms with Crippen LogP contribution in [0, 0.1) is 5.92 Å². The number of fused-ring (bicyclic) bond motifs is 1. The van der Waals surface area contributed by atoms with E-state index in [1.807, 2.05) is 41.9 Å². The summed E-state index contributed by atoms with van der Waals surface area (Å²) in [5.74, 6) is 0.399. The summed E-state index contributed by atoms with van der Waals surface area (Å²) in [4.78, 5) is 16.6. The lowest BCUT2D eigenvalue weighted by Crippen LogP contribution is -2.36. The zero-order valence-electron chi connectivity index (χ0n) is 19.8. The largest absolute Gasteiger partial charge is 0.505 e. The van der Waals surface area contributed by atoms with Crippen molar-refractivity contribution in [3.63, 3.8) is 0 Å². The van der Waals surface area contributed by atoms with Crippen molar-refractivity contribution in [3.8, 4) is 5.75 Å². The Morgan fingerprint density at radius 3 is 2.76 bits per heavy atom. The SMILES string of the molecule is CCOC(=O)c1c(CSc2ccccc2)n(C)c2cc(N)c(O)c(CN3CCCC(CO)C3)c12. The van der Waals surface area contributed by atoms with E-state index in [0.29, 0.717) is 28.8 Å². The number of ether oxygens (including phenoxy) is 1. The molecule has 1 saturated heterocycles. The molecule has 4 N–H and O–H groups in total. The van der Waals surface area contributed by atoms with Gasteiger partial charge in [-0.05, 0) is 50.4 Å². The smallest absolute Gasteiger partial charge is 0.340 e. The van der Waals surface area contributed by atoms with Crippen LogP contribution in [0.4, 0.5) is 5.69 Å². The number of benzene rings is 2. The van der Waals surface area contributed by atoms with Crippen LogP contribution in [0.2, 0.25) is 0 Å². The first kappa shape index (κ1) is 24.4. The Balaban J connectivity index is 1.82. The number of aromatic nitrogens is 1. The molecule has 2 aromatic carbocycles. The number of esters is 1. The number of nitrogens with zero attached hydrogens (tertiary/aromatic N) is 2. The van der Waals surface area contributed by atoms with Crippen LogP contribution in [0.25, 0.3) is 10.9 Å². The maximum absolute atomic E-state index is 13.2. The number of aromatic hydroxyl groups is 1. The van der Waals surface area contributed by atoms with E-state index in [4.69, 9.17) is 10.5 Å². The van der Waals surface area contributed by atoms with Crippen LogP contribution in [0.5, 0.6) is 5.75 Å². The molecule has 34 heavy (non-hydrogen) atoms. The molecule has 1 aromatic heterocycles. The molecule has 7 nitrogen and oxygen atoms in total. The zero-order valence-corrected chi connectivity index (χ0v) is 20.6. The fourth-order valence-corrected chi connectivity index (χ4v) is 5.81. The lowest BCUT2D eigenvalue weighted by molar-refractivity contribution is 0.0527. The maximum atomic E-state index is 13.2. The Bertz CT molecular complexity index is 1160. The number of aryl methyl sites for hydroxylation is 1. The third-order valence-electron chi connectivity index (χ3n) is 6.56. The average Bonchev–Trinajstić information content (AvgIpc) is 3.12. The van der Waals surface area contributed by atoms with E-state index >= 15 is 0 Å². The third kappa shape index (κ3) is 4.89. The monoisotopic (exact) mass is 483 g/mol. The minimum absolute atomic E-state index is 0.0111. The highest BCUT2D eigenvalue weighted by Gasteiger charge is 2.29. The molecule has 0 radical (unpaired) electrons. The number of aliphatic hydroxyl groups is 1. The van der Waals surface area contributed by atoms with Gasteiger partial charge < -0.3 is 25.3 Å². The molecular formula is C26H33N3O4S. The second-order valence-corrected chi connectivity index (χ2v) is 9.86. The summed E-state index contributed by atoms with van der Waals surface area (Å²) in [6.07, 6.45) is 1.97. The lowest BCUT2D eigenvalue weighted by atomic mass is 9.97. The van der Waals surface area contributed by atoms with Crippen LogP contribution in [-0.4, -0.2) is 52.0 Å². The van der Waals surface area contributed by atoms with Crippen molar-refractivity contribution in [1.82, 2.24) is 9.47 Å². The lowest BCUT2D eigenvalue weighted by Gasteiger charge is -2.32. The Labute approximate surface area is 204 Å². The number of thioether (sulfide) groups is 1. The van der Waals surface area contributed by atoms with E-state index in [9.17, 15) is 15.0 Å². The number of piperidine rings is 1. The summed E-state index contributed by atoms with van der Waals surface area (Å²) in [7, 11) is 1.93. The normalized spacial score (nSPS) is 16.7. The molecule has 1 aliphatic heterocycles. The van der Waals surface area contributed by atoms with Crippen molar-refractivity contribution in [1.29, 1.82) is 0 Å². The van der Waals surface area contributed by atoms with Crippen LogP contribution in [0.3, 0.4) is 0 Å². The molecule has 3 aromatic rings. The van der Waals surface area contributed by atoms with Gasteiger partial charge in [0.25, 0.3) is 0 Å². The fourth-order valence-electron chi connectivity index (χ4n) is 4.82. The number of hydrogen-bond donors (Lipinski definition) is 3. The van der Waals surface area contributed by atoms with Crippen molar-refractivity contribution in [2.45, 2.75) is 37.0 Å². The predicted octanol–water partition coefficient (Wildman–Crippen LogP) is 4.14. The van der Waals surface area contributed by atoms with E-state index in [0.717, 1.165) is 42.0 Å². The molecule has 0 amide bonds. The summed E-state index contributed by atoms with van der Waals surface area (Å²) in [6.45, 7) is 4.26. The van der Waals surface area contributed by atoms with Gasteiger partial charge in [0.1, 0.15) is 5.75 Å². The number of likely N-dealkylation sites (tertiary alicyclic amines) is 1. The third-order valence-corrected chi connectivity index (χ3v) is 7.58. The molecule has 1 aliphatic rings. The summed E-state index contributed by atoms with van der Waals surface area (Å²) >= 11 is 1.65. The first-order valence-corrected chi connectivity index (χ1v) is 12.7. The highest BCUT2D eigenvalue weighted by molar-refractivity contribution is 7.98. The molecule has 2 heterocycles. The van der Waals surface area contributed by atoms with Crippen molar-refractivity contribution >= 4 is 34.3 Å². The Hall–Kier alpha value is -2.68. The van der Waals surface area contributed by atoms with Gasteiger partial charge in [0.2, 0.25) is 0 Å². The average molecular weight is 484 g/mol.